The van der Waals surface area contributed by atoms with Crippen LogP contribution in [-0.2, 0) is 24.0 Å². The van der Waals surface area contributed by atoms with Crippen LogP contribution in [0.2, 0.25) is 0 Å². The molecule has 4 aliphatic carbocycles. The number of nitrogens with zero attached hydrogens (tertiary/aromatic N) is 1. The van der Waals surface area contributed by atoms with Crippen molar-refractivity contribution in [2.24, 2.45) is 28.6 Å². The van der Waals surface area contributed by atoms with E-state index in [1.54, 1.807) is 0 Å². The molecule has 0 bridgehead atoms. The Bertz CT molecular complexity index is 837. The second-order valence-corrected chi connectivity index (χ2v) is 11.1. The van der Waals surface area contributed by atoms with Crippen molar-refractivity contribution >= 4 is 17.8 Å². The van der Waals surface area contributed by atoms with E-state index in [1.165, 1.54) is 18.4 Å². The Morgan fingerprint density at radius 2 is 1.78 bits per heavy atom. The number of allylic oxidation sites excluding steroid dienone is 1. The summed E-state index contributed by atoms with van der Waals surface area (Å²) in [5, 5.41) is 11.2. The van der Waals surface area contributed by atoms with E-state index in [4.69, 9.17) is 9.57 Å². The summed E-state index contributed by atoms with van der Waals surface area (Å²) in [4.78, 5) is 40.2. The standard InChI is InChI=1S/C25H35NO6/c1-24-11-9-16(31-14-23(30)32-26-21(28)7-8-22(26)29)13-15(24)3-4-17-18-5-6-20(27)25(18,2)12-10-19(17)24/h13,16-20,27H,3-12,14H2,1-2H3/t16-,17-,18-,19-,20-,24-,25-/m0/s1. The molecule has 1 saturated heterocycles. The molecule has 7 heteroatoms. The Labute approximate surface area is 189 Å². The van der Waals surface area contributed by atoms with Gasteiger partial charge >= 0.3 is 5.97 Å². The predicted molar refractivity (Wildman–Crippen MR) is 115 cm³/mol. The molecule has 0 aromatic carbocycles. The van der Waals surface area contributed by atoms with E-state index < -0.39 is 17.8 Å². The Balaban J connectivity index is 1.22. The quantitative estimate of drug-likeness (QED) is 0.527. The molecule has 32 heavy (non-hydrogen) atoms. The van der Waals surface area contributed by atoms with Gasteiger partial charge in [-0.2, -0.15) is 0 Å². The van der Waals surface area contributed by atoms with Crippen LogP contribution in [0.15, 0.2) is 11.6 Å². The zero-order valence-electron chi connectivity index (χ0n) is 19.2. The molecule has 7 nitrogen and oxygen atoms in total. The Morgan fingerprint density at radius 3 is 2.53 bits per heavy atom. The third-order valence-electron chi connectivity index (χ3n) is 9.64. The summed E-state index contributed by atoms with van der Waals surface area (Å²) in [7, 11) is 0. The van der Waals surface area contributed by atoms with Gasteiger partial charge in [-0.3, -0.25) is 9.59 Å². The van der Waals surface area contributed by atoms with Crippen LogP contribution < -0.4 is 0 Å². The monoisotopic (exact) mass is 445 g/mol. The van der Waals surface area contributed by atoms with Crippen molar-refractivity contribution in [3.8, 4) is 0 Å². The van der Waals surface area contributed by atoms with E-state index in [1.807, 2.05) is 0 Å². The minimum Gasteiger partial charge on any atom is -0.393 e. The van der Waals surface area contributed by atoms with Crippen molar-refractivity contribution in [2.45, 2.75) is 90.3 Å². The van der Waals surface area contributed by atoms with Gasteiger partial charge in [0.15, 0.2) is 0 Å². The van der Waals surface area contributed by atoms with Crippen molar-refractivity contribution in [1.29, 1.82) is 0 Å². The molecule has 0 spiro atoms. The lowest BCUT2D eigenvalue weighted by atomic mass is 9.47. The molecule has 1 heterocycles. The normalized spacial score (nSPS) is 43.4. The van der Waals surface area contributed by atoms with Crippen molar-refractivity contribution in [3.63, 3.8) is 0 Å². The topological polar surface area (TPSA) is 93.1 Å². The molecule has 1 N–H and O–H groups in total. The number of aliphatic hydroxyl groups is 1. The van der Waals surface area contributed by atoms with Gasteiger partial charge in [0.1, 0.15) is 6.61 Å². The first-order chi connectivity index (χ1) is 15.2. The molecule has 3 saturated carbocycles. The lowest BCUT2D eigenvalue weighted by Gasteiger charge is -2.58. The number of hydrogen-bond donors (Lipinski definition) is 1. The highest BCUT2D eigenvalue weighted by atomic mass is 16.7. The van der Waals surface area contributed by atoms with Gasteiger partial charge < -0.3 is 14.7 Å². The number of hydroxylamine groups is 2. The van der Waals surface area contributed by atoms with E-state index in [0.717, 1.165) is 38.5 Å². The summed E-state index contributed by atoms with van der Waals surface area (Å²) in [5.41, 5.74) is 1.72. The van der Waals surface area contributed by atoms with Gasteiger partial charge in [0, 0.05) is 12.8 Å². The van der Waals surface area contributed by atoms with Crippen molar-refractivity contribution < 1.29 is 29.1 Å². The number of aliphatic hydroxyl groups excluding tert-OH is 1. The molecule has 5 rings (SSSR count). The molecule has 4 fully saturated rings. The number of ether oxygens (including phenoxy) is 1. The first kappa shape index (κ1) is 22.1. The maximum absolute atomic E-state index is 12.1. The van der Waals surface area contributed by atoms with Gasteiger partial charge in [-0.15, -0.1) is 5.06 Å². The average molecular weight is 446 g/mol. The number of rotatable bonds is 4. The van der Waals surface area contributed by atoms with Crippen LogP contribution in [0.25, 0.3) is 0 Å². The fraction of sp³-hybridized carbons (Fsp3) is 0.800. The zero-order valence-corrected chi connectivity index (χ0v) is 19.2. The van der Waals surface area contributed by atoms with Crippen LogP contribution in [0.1, 0.15) is 78.1 Å². The molecule has 1 aliphatic heterocycles. The minimum absolute atomic E-state index is 0.0847. The zero-order chi connectivity index (χ0) is 22.7. The summed E-state index contributed by atoms with van der Waals surface area (Å²) in [5.74, 6) is 0.313. The largest absolute Gasteiger partial charge is 0.393 e. The van der Waals surface area contributed by atoms with Crippen LogP contribution in [0.5, 0.6) is 0 Å². The van der Waals surface area contributed by atoms with Gasteiger partial charge in [0.25, 0.3) is 11.8 Å². The number of fused-ring (bicyclic) bond motifs is 5. The molecule has 5 aliphatic rings. The van der Waals surface area contributed by atoms with E-state index >= 15 is 0 Å². The lowest BCUT2D eigenvalue weighted by molar-refractivity contribution is -0.201. The predicted octanol–water partition coefficient (Wildman–Crippen LogP) is 3.30. The highest BCUT2D eigenvalue weighted by molar-refractivity contribution is 6.01. The molecule has 0 radical (unpaired) electrons. The molecule has 2 amide bonds. The highest BCUT2D eigenvalue weighted by Crippen LogP contribution is 2.65. The first-order valence-electron chi connectivity index (χ1n) is 12.3. The molecular formula is C25H35NO6. The third kappa shape index (κ3) is 3.43. The van der Waals surface area contributed by atoms with Gasteiger partial charge in [0.05, 0.1) is 12.2 Å². The van der Waals surface area contributed by atoms with Crippen molar-refractivity contribution in [1.82, 2.24) is 5.06 Å². The molecule has 176 valence electrons. The van der Waals surface area contributed by atoms with Crippen LogP contribution in [0, 0.1) is 28.6 Å². The SMILES string of the molecule is C[C@]12CC[C@H]3[C@@H](CCC4=C[C@@H](OCC(=O)ON5C(=O)CCC5=O)CC[C@@]43C)[C@@H]1CC[C@@H]2O. The Kier molecular flexibility index (Phi) is 5.48. The number of hydrogen-bond acceptors (Lipinski definition) is 6. The van der Waals surface area contributed by atoms with E-state index in [-0.39, 0.29) is 42.5 Å². The summed E-state index contributed by atoms with van der Waals surface area (Å²) in [6.45, 7) is 4.46. The smallest absolute Gasteiger partial charge is 0.358 e. The molecule has 0 unspecified atom stereocenters. The third-order valence-corrected chi connectivity index (χ3v) is 9.64. The summed E-state index contributed by atoms with van der Waals surface area (Å²) in [6.07, 6.45) is 10.6. The first-order valence-corrected chi connectivity index (χ1v) is 12.3. The van der Waals surface area contributed by atoms with Gasteiger partial charge in [-0.1, -0.05) is 25.5 Å². The van der Waals surface area contributed by atoms with Gasteiger partial charge in [0.2, 0.25) is 0 Å². The fourth-order valence-electron chi connectivity index (χ4n) is 7.76. The van der Waals surface area contributed by atoms with Gasteiger partial charge in [-0.05, 0) is 80.0 Å². The second-order valence-electron chi connectivity index (χ2n) is 11.1. The second kappa shape index (κ2) is 7.94. The maximum atomic E-state index is 12.1. The lowest BCUT2D eigenvalue weighted by Crippen LogP contribution is -2.51. The van der Waals surface area contributed by atoms with Crippen LogP contribution in [0.3, 0.4) is 0 Å². The van der Waals surface area contributed by atoms with Crippen molar-refractivity contribution in [3.05, 3.63) is 11.6 Å². The van der Waals surface area contributed by atoms with E-state index in [0.29, 0.717) is 22.8 Å². The minimum atomic E-state index is -0.713. The van der Waals surface area contributed by atoms with Gasteiger partial charge in [-0.25, -0.2) is 4.79 Å². The number of imide groups is 1. The van der Waals surface area contributed by atoms with Crippen molar-refractivity contribution in [2.75, 3.05) is 6.61 Å². The van der Waals surface area contributed by atoms with E-state index in [2.05, 4.69) is 19.9 Å². The summed E-state index contributed by atoms with van der Waals surface area (Å²) in [6, 6.07) is 0. The maximum Gasteiger partial charge on any atom is 0.358 e. The summed E-state index contributed by atoms with van der Waals surface area (Å²) < 4.78 is 5.82. The Morgan fingerprint density at radius 1 is 1.03 bits per heavy atom. The van der Waals surface area contributed by atoms with Crippen LogP contribution >= 0.6 is 0 Å². The number of carbonyl (C=O) groups is 3. The highest BCUT2D eigenvalue weighted by Gasteiger charge is 2.58. The average Bonchev–Trinajstić information content (AvgIpc) is 3.25. The molecule has 0 aromatic rings. The Hall–Kier alpha value is -1.73. The summed E-state index contributed by atoms with van der Waals surface area (Å²) >= 11 is 0. The van der Waals surface area contributed by atoms with E-state index in [9.17, 15) is 19.5 Å². The number of amides is 2. The fourth-order valence-corrected chi connectivity index (χ4v) is 7.76. The molecular weight excluding hydrogens is 410 g/mol. The number of carbonyl (C=O) groups excluding carboxylic acids is 3. The molecule has 0 aromatic heterocycles. The van der Waals surface area contributed by atoms with Crippen LogP contribution in [-0.4, -0.2) is 46.8 Å². The molecule has 7 atom stereocenters. The van der Waals surface area contributed by atoms with Crippen LogP contribution in [0.4, 0.5) is 0 Å².